The van der Waals surface area contributed by atoms with Crippen LogP contribution in [0.4, 0.5) is 0 Å². The molecule has 0 aliphatic heterocycles. The molecule has 2 amide bonds. The Bertz CT molecular complexity index is 892. The molecule has 0 fully saturated rings. The monoisotopic (exact) mass is 450 g/mol. The minimum Gasteiger partial charge on any atom is -0.484 e. The number of ether oxygens (including phenoxy) is 1. The van der Waals surface area contributed by atoms with Crippen LogP contribution in [-0.2, 0) is 16.1 Å². The fourth-order valence-electron chi connectivity index (χ4n) is 2.78. The second-order valence-electron chi connectivity index (χ2n) is 8.26. The number of halogens is 2. The van der Waals surface area contributed by atoms with E-state index < -0.39 is 11.6 Å². The summed E-state index contributed by atoms with van der Waals surface area (Å²) >= 11 is 12.0. The number of hydrogen-bond donors (Lipinski definition) is 1. The number of amides is 2. The summed E-state index contributed by atoms with van der Waals surface area (Å²) in [5.74, 6) is 0.0183. The molecule has 1 atom stereocenters. The average Bonchev–Trinajstić information content (AvgIpc) is 2.66. The lowest BCUT2D eigenvalue weighted by Gasteiger charge is -2.31. The zero-order valence-electron chi connectivity index (χ0n) is 18.0. The van der Waals surface area contributed by atoms with Gasteiger partial charge >= 0.3 is 0 Å². The van der Waals surface area contributed by atoms with E-state index in [1.165, 1.54) is 4.90 Å². The Labute approximate surface area is 188 Å². The highest BCUT2D eigenvalue weighted by Crippen LogP contribution is 2.21. The molecule has 1 unspecified atom stereocenters. The quantitative estimate of drug-likeness (QED) is 0.644. The molecule has 30 heavy (non-hydrogen) atoms. The third-order valence-electron chi connectivity index (χ3n) is 4.42. The Morgan fingerprint density at radius 1 is 1.10 bits per heavy atom. The molecular weight excluding hydrogens is 423 g/mol. The van der Waals surface area contributed by atoms with Crippen LogP contribution >= 0.6 is 23.2 Å². The molecule has 0 aliphatic carbocycles. The third kappa shape index (κ3) is 7.22. The topological polar surface area (TPSA) is 58.6 Å². The van der Waals surface area contributed by atoms with Crippen molar-refractivity contribution in [2.75, 3.05) is 6.61 Å². The van der Waals surface area contributed by atoms with E-state index in [0.29, 0.717) is 15.8 Å². The van der Waals surface area contributed by atoms with Gasteiger partial charge in [-0.1, -0.05) is 35.3 Å². The first-order valence-electron chi connectivity index (χ1n) is 9.71. The minimum atomic E-state index is -0.678. The van der Waals surface area contributed by atoms with Crippen molar-refractivity contribution in [3.05, 3.63) is 63.6 Å². The van der Waals surface area contributed by atoms with Gasteiger partial charge in [0.15, 0.2) is 6.61 Å². The molecule has 0 spiro atoms. The average molecular weight is 451 g/mol. The summed E-state index contributed by atoms with van der Waals surface area (Å²) in [5, 5.41) is 4.17. The van der Waals surface area contributed by atoms with E-state index in [1.807, 2.05) is 39.8 Å². The fourth-order valence-corrected chi connectivity index (χ4v) is 3.02. The van der Waals surface area contributed by atoms with Gasteiger partial charge in [0.05, 0.1) is 0 Å². The Hall–Kier alpha value is -2.24. The molecule has 0 aliphatic rings. The van der Waals surface area contributed by atoms with Gasteiger partial charge in [0.1, 0.15) is 11.8 Å². The largest absolute Gasteiger partial charge is 0.484 e. The molecule has 2 aromatic rings. The van der Waals surface area contributed by atoms with Crippen molar-refractivity contribution >= 4 is 35.0 Å². The van der Waals surface area contributed by atoms with Crippen LogP contribution in [0, 0.1) is 6.92 Å². The van der Waals surface area contributed by atoms with Crippen LogP contribution in [0.3, 0.4) is 0 Å². The molecule has 0 saturated heterocycles. The number of aryl methyl sites for hydroxylation is 1. The predicted molar refractivity (Wildman–Crippen MR) is 121 cm³/mol. The van der Waals surface area contributed by atoms with Gasteiger partial charge in [0.2, 0.25) is 5.91 Å². The summed E-state index contributed by atoms with van der Waals surface area (Å²) in [4.78, 5) is 27.3. The predicted octanol–water partition coefficient (Wildman–Crippen LogP) is 5.01. The summed E-state index contributed by atoms with van der Waals surface area (Å²) in [7, 11) is 0. The Morgan fingerprint density at radius 2 is 1.73 bits per heavy atom. The van der Waals surface area contributed by atoms with Crippen LogP contribution in [-0.4, -0.2) is 34.9 Å². The van der Waals surface area contributed by atoms with Crippen molar-refractivity contribution in [3.8, 4) is 5.75 Å². The third-order valence-corrected chi connectivity index (χ3v) is 5.10. The molecule has 1 N–H and O–H groups in total. The first kappa shape index (κ1) is 24.0. The first-order valence-corrected chi connectivity index (χ1v) is 10.5. The first-order chi connectivity index (χ1) is 14.0. The van der Waals surface area contributed by atoms with E-state index in [9.17, 15) is 9.59 Å². The highest BCUT2D eigenvalue weighted by molar-refractivity contribution is 6.31. The van der Waals surface area contributed by atoms with Gasteiger partial charge in [-0.25, -0.2) is 0 Å². The molecule has 0 heterocycles. The van der Waals surface area contributed by atoms with Crippen molar-refractivity contribution < 1.29 is 14.3 Å². The standard InChI is InChI=1S/C23H28Cl2N2O3/c1-15-12-19(10-11-20(15)25)30-14-21(28)27(13-17-6-8-18(24)9-7-17)16(2)22(29)26-23(3,4)5/h6-12,16H,13-14H2,1-5H3,(H,26,29). The summed E-state index contributed by atoms with van der Waals surface area (Å²) in [6.07, 6.45) is 0. The van der Waals surface area contributed by atoms with Crippen LogP contribution in [0.1, 0.15) is 38.8 Å². The summed E-state index contributed by atoms with van der Waals surface area (Å²) < 4.78 is 5.67. The van der Waals surface area contributed by atoms with Crippen LogP contribution in [0.2, 0.25) is 10.0 Å². The van der Waals surface area contributed by atoms with Gasteiger partial charge in [0, 0.05) is 22.1 Å². The van der Waals surface area contributed by atoms with Gasteiger partial charge < -0.3 is 15.0 Å². The zero-order valence-corrected chi connectivity index (χ0v) is 19.5. The van der Waals surface area contributed by atoms with E-state index in [4.69, 9.17) is 27.9 Å². The van der Waals surface area contributed by atoms with E-state index in [1.54, 1.807) is 37.3 Å². The smallest absolute Gasteiger partial charge is 0.261 e. The lowest BCUT2D eigenvalue weighted by Crippen LogP contribution is -2.53. The van der Waals surface area contributed by atoms with Crippen LogP contribution in [0.15, 0.2) is 42.5 Å². The molecule has 162 valence electrons. The normalized spacial score (nSPS) is 12.2. The van der Waals surface area contributed by atoms with Crippen molar-refractivity contribution in [1.29, 1.82) is 0 Å². The summed E-state index contributed by atoms with van der Waals surface area (Å²) in [6.45, 7) is 9.34. The second kappa shape index (κ2) is 10.2. The number of benzene rings is 2. The van der Waals surface area contributed by atoms with Gasteiger partial charge in [-0.05, 0) is 76.1 Å². The maximum absolute atomic E-state index is 13.0. The van der Waals surface area contributed by atoms with Crippen LogP contribution in [0.5, 0.6) is 5.75 Å². The number of nitrogens with one attached hydrogen (secondary N) is 1. The van der Waals surface area contributed by atoms with Crippen molar-refractivity contribution in [3.63, 3.8) is 0 Å². The van der Waals surface area contributed by atoms with Gasteiger partial charge in [0.25, 0.3) is 5.91 Å². The molecule has 2 aromatic carbocycles. The maximum atomic E-state index is 13.0. The van der Waals surface area contributed by atoms with Crippen LogP contribution in [0.25, 0.3) is 0 Å². The highest BCUT2D eigenvalue weighted by Gasteiger charge is 2.28. The Balaban J connectivity index is 2.17. The molecule has 0 radical (unpaired) electrons. The molecule has 0 aromatic heterocycles. The number of carbonyl (C=O) groups is 2. The SMILES string of the molecule is Cc1cc(OCC(=O)N(Cc2ccc(Cl)cc2)C(C)C(=O)NC(C)(C)C)ccc1Cl. The maximum Gasteiger partial charge on any atom is 0.261 e. The number of hydrogen-bond acceptors (Lipinski definition) is 3. The van der Waals surface area contributed by atoms with E-state index in [0.717, 1.165) is 11.1 Å². The van der Waals surface area contributed by atoms with E-state index in [-0.39, 0.29) is 25.0 Å². The van der Waals surface area contributed by atoms with Crippen LogP contribution < -0.4 is 10.1 Å². The Morgan fingerprint density at radius 3 is 2.30 bits per heavy atom. The number of rotatable bonds is 7. The fraction of sp³-hybridized carbons (Fsp3) is 0.391. The molecule has 2 rings (SSSR count). The van der Waals surface area contributed by atoms with Gasteiger partial charge in [-0.3, -0.25) is 9.59 Å². The minimum absolute atomic E-state index is 0.193. The lowest BCUT2D eigenvalue weighted by atomic mass is 10.1. The number of nitrogens with zero attached hydrogens (tertiary/aromatic N) is 1. The van der Waals surface area contributed by atoms with E-state index in [2.05, 4.69) is 5.32 Å². The van der Waals surface area contributed by atoms with Crippen molar-refractivity contribution in [2.45, 2.75) is 52.7 Å². The summed E-state index contributed by atoms with van der Waals surface area (Å²) in [5.41, 5.74) is 1.32. The molecule has 0 saturated carbocycles. The van der Waals surface area contributed by atoms with Crippen molar-refractivity contribution in [1.82, 2.24) is 10.2 Å². The zero-order chi connectivity index (χ0) is 22.5. The van der Waals surface area contributed by atoms with Gasteiger partial charge in [-0.15, -0.1) is 0 Å². The molecule has 0 bridgehead atoms. The molecule has 7 heteroatoms. The van der Waals surface area contributed by atoms with Gasteiger partial charge in [-0.2, -0.15) is 0 Å². The second-order valence-corrected chi connectivity index (χ2v) is 9.11. The summed E-state index contributed by atoms with van der Waals surface area (Å²) in [6, 6.07) is 11.7. The number of carbonyl (C=O) groups excluding carboxylic acids is 2. The molecular formula is C23H28Cl2N2O3. The Kier molecular flexibility index (Phi) is 8.16. The highest BCUT2D eigenvalue weighted by atomic mass is 35.5. The molecule has 5 nitrogen and oxygen atoms in total. The van der Waals surface area contributed by atoms with Crippen molar-refractivity contribution in [2.24, 2.45) is 0 Å². The lowest BCUT2D eigenvalue weighted by molar-refractivity contribution is -0.142. The van der Waals surface area contributed by atoms with E-state index >= 15 is 0 Å².